The molecule has 3 nitrogen and oxygen atoms in total. The Bertz CT molecular complexity index is 371. The highest BCUT2D eigenvalue weighted by molar-refractivity contribution is 5.29. The average Bonchev–Trinajstić information content (AvgIpc) is 3.24. The topological polar surface area (TPSA) is 30.5 Å². The molecule has 0 aliphatic heterocycles. The first-order chi connectivity index (χ1) is 9.33. The molecule has 0 atom stereocenters. The van der Waals surface area contributed by atoms with E-state index in [1.165, 1.54) is 24.0 Å². The van der Waals surface area contributed by atoms with Crippen molar-refractivity contribution in [2.45, 2.75) is 45.4 Å². The first-order valence-corrected chi connectivity index (χ1v) is 7.36. The minimum absolute atomic E-state index is 0.137. The van der Waals surface area contributed by atoms with Gasteiger partial charge in [-0.3, -0.25) is 0 Å². The second-order valence-corrected chi connectivity index (χ2v) is 4.99. The lowest BCUT2D eigenvalue weighted by Gasteiger charge is -2.17. The predicted molar refractivity (Wildman–Crippen MR) is 77.2 cm³/mol. The summed E-state index contributed by atoms with van der Waals surface area (Å²) >= 11 is 0. The van der Waals surface area contributed by atoms with Gasteiger partial charge >= 0.3 is 0 Å². The van der Waals surface area contributed by atoms with Crippen molar-refractivity contribution in [3.63, 3.8) is 0 Å². The predicted octanol–water partition coefficient (Wildman–Crippen LogP) is 3.05. The van der Waals surface area contributed by atoms with Crippen LogP contribution >= 0.6 is 0 Å². The van der Waals surface area contributed by atoms with Crippen LogP contribution in [-0.2, 0) is 16.0 Å². The third kappa shape index (κ3) is 4.94. The molecule has 1 saturated carbocycles. The maximum Gasteiger partial charge on any atom is 0.169 e. The monoisotopic (exact) mass is 263 g/mol. The van der Waals surface area contributed by atoms with Crippen molar-refractivity contribution >= 4 is 0 Å². The summed E-state index contributed by atoms with van der Waals surface area (Å²) in [6.45, 7) is 6.95. The van der Waals surface area contributed by atoms with Crippen LogP contribution in [0.2, 0.25) is 0 Å². The third-order valence-corrected chi connectivity index (χ3v) is 3.35. The molecule has 2 rings (SSSR count). The summed E-state index contributed by atoms with van der Waals surface area (Å²) < 4.78 is 11.0. The van der Waals surface area contributed by atoms with Crippen LogP contribution in [0.25, 0.3) is 0 Å². The second-order valence-electron chi connectivity index (χ2n) is 4.99. The van der Waals surface area contributed by atoms with Gasteiger partial charge in [0.25, 0.3) is 0 Å². The summed E-state index contributed by atoms with van der Waals surface area (Å²) in [5.41, 5.74) is 2.83. The van der Waals surface area contributed by atoms with E-state index in [-0.39, 0.29) is 6.29 Å². The van der Waals surface area contributed by atoms with Crippen LogP contribution in [0.1, 0.15) is 43.7 Å². The molecule has 1 aliphatic rings. The molecule has 0 saturated heterocycles. The first-order valence-electron chi connectivity index (χ1n) is 7.36. The van der Waals surface area contributed by atoms with E-state index in [9.17, 15) is 0 Å². The Kier molecular flexibility index (Phi) is 5.83. The van der Waals surface area contributed by atoms with Gasteiger partial charge in [-0.05, 0) is 43.7 Å². The molecule has 0 unspecified atom stereocenters. The van der Waals surface area contributed by atoms with Gasteiger partial charge in [0, 0.05) is 26.3 Å². The minimum Gasteiger partial charge on any atom is -0.352 e. The van der Waals surface area contributed by atoms with Crippen LogP contribution in [-0.4, -0.2) is 26.0 Å². The second kappa shape index (κ2) is 7.63. The normalized spacial score (nSPS) is 15.1. The maximum atomic E-state index is 5.51. The van der Waals surface area contributed by atoms with Gasteiger partial charge in [-0.15, -0.1) is 0 Å². The molecule has 19 heavy (non-hydrogen) atoms. The van der Waals surface area contributed by atoms with E-state index in [1.54, 1.807) is 0 Å². The Morgan fingerprint density at radius 1 is 1.21 bits per heavy atom. The summed E-state index contributed by atoms with van der Waals surface area (Å²) in [6.07, 6.45) is 2.57. The van der Waals surface area contributed by atoms with E-state index in [2.05, 4.69) is 29.6 Å². The van der Waals surface area contributed by atoms with Crippen molar-refractivity contribution in [2.24, 2.45) is 0 Å². The van der Waals surface area contributed by atoms with Crippen molar-refractivity contribution in [2.75, 3.05) is 19.8 Å². The molecule has 1 N–H and O–H groups in total. The summed E-state index contributed by atoms with van der Waals surface area (Å²) in [6, 6.07) is 8.90. The smallest absolute Gasteiger partial charge is 0.169 e. The number of hydrogen-bond donors (Lipinski definition) is 1. The van der Waals surface area contributed by atoms with E-state index < -0.39 is 0 Å². The molecular weight excluding hydrogens is 238 g/mol. The van der Waals surface area contributed by atoms with Crippen LogP contribution in [0.15, 0.2) is 24.3 Å². The Labute approximate surface area is 116 Å². The summed E-state index contributed by atoms with van der Waals surface area (Å²) in [4.78, 5) is 0. The molecular formula is C16H25NO2. The molecule has 0 aromatic heterocycles. The number of nitrogens with one attached hydrogen (secondary N) is 1. The average molecular weight is 263 g/mol. The highest BCUT2D eigenvalue weighted by Gasteiger charge is 2.23. The SMILES string of the molecule is CCOC(CNCc1cccc(C2CC2)c1)OCC. The standard InChI is InChI=1S/C16H25NO2/c1-3-18-16(19-4-2)12-17-11-13-6-5-7-15(10-13)14-8-9-14/h5-7,10,14,16-17H,3-4,8-9,11-12H2,1-2H3. The third-order valence-electron chi connectivity index (χ3n) is 3.35. The van der Waals surface area contributed by atoms with Crippen LogP contribution < -0.4 is 5.32 Å². The van der Waals surface area contributed by atoms with Crippen molar-refractivity contribution < 1.29 is 9.47 Å². The lowest BCUT2D eigenvalue weighted by atomic mass is 10.1. The highest BCUT2D eigenvalue weighted by atomic mass is 16.7. The zero-order valence-electron chi connectivity index (χ0n) is 12.0. The molecule has 3 heteroatoms. The van der Waals surface area contributed by atoms with Gasteiger partial charge in [-0.25, -0.2) is 0 Å². The molecule has 1 aromatic carbocycles. The zero-order chi connectivity index (χ0) is 13.5. The Hall–Kier alpha value is -0.900. The van der Waals surface area contributed by atoms with Crippen molar-refractivity contribution in [1.29, 1.82) is 0 Å². The molecule has 1 aliphatic carbocycles. The van der Waals surface area contributed by atoms with Gasteiger partial charge in [-0.1, -0.05) is 24.3 Å². The highest BCUT2D eigenvalue weighted by Crippen LogP contribution is 2.40. The Morgan fingerprint density at radius 2 is 1.95 bits per heavy atom. The fourth-order valence-corrected chi connectivity index (χ4v) is 2.25. The van der Waals surface area contributed by atoms with E-state index in [4.69, 9.17) is 9.47 Å². The summed E-state index contributed by atoms with van der Waals surface area (Å²) in [5.74, 6) is 0.819. The summed E-state index contributed by atoms with van der Waals surface area (Å²) in [5, 5.41) is 3.41. The van der Waals surface area contributed by atoms with Crippen molar-refractivity contribution in [3.05, 3.63) is 35.4 Å². The number of ether oxygens (including phenoxy) is 2. The fraction of sp³-hybridized carbons (Fsp3) is 0.625. The molecule has 0 bridgehead atoms. The lowest BCUT2D eigenvalue weighted by molar-refractivity contribution is -0.133. The van der Waals surface area contributed by atoms with Gasteiger partial charge in [0.05, 0.1) is 0 Å². The van der Waals surface area contributed by atoms with Gasteiger partial charge < -0.3 is 14.8 Å². The van der Waals surface area contributed by atoms with Crippen LogP contribution in [0.5, 0.6) is 0 Å². The van der Waals surface area contributed by atoms with Gasteiger partial charge in [0.2, 0.25) is 0 Å². The molecule has 0 amide bonds. The van der Waals surface area contributed by atoms with Crippen LogP contribution in [0.3, 0.4) is 0 Å². The molecule has 0 spiro atoms. The molecule has 1 aromatic rings. The Balaban J connectivity index is 1.76. The fourth-order valence-electron chi connectivity index (χ4n) is 2.25. The van der Waals surface area contributed by atoms with Crippen molar-refractivity contribution in [3.8, 4) is 0 Å². The first kappa shape index (κ1) is 14.5. The lowest BCUT2D eigenvalue weighted by Crippen LogP contribution is -2.31. The molecule has 106 valence electrons. The van der Waals surface area contributed by atoms with Gasteiger partial charge in [-0.2, -0.15) is 0 Å². The van der Waals surface area contributed by atoms with E-state index in [0.29, 0.717) is 13.2 Å². The minimum atomic E-state index is -0.137. The summed E-state index contributed by atoms with van der Waals surface area (Å²) in [7, 11) is 0. The molecule has 0 radical (unpaired) electrons. The van der Waals surface area contributed by atoms with Crippen LogP contribution in [0.4, 0.5) is 0 Å². The molecule has 1 fully saturated rings. The molecule has 0 heterocycles. The maximum absolute atomic E-state index is 5.51. The van der Waals surface area contributed by atoms with E-state index in [0.717, 1.165) is 19.0 Å². The van der Waals surface area contributed by atoms with Gasteiger partial charge in [0.1, 0.15) is 0 Å². The van der Waals surface area contributed by atoms with Gasteiger partial charge in [0.15, 0.2) is 6.29 Å². The number of hydrogen-bond acceptors (Lipinski definition) is 3. The van der Waals surface area contributed by atoms with E-state index >= 15 is 0 Å². The van der Waals surface area contributed by atoms with E-state index in [1.807, 2.05) is 13.8 Å². The van der Waals surface area contributed by atoms with Crippen LogP contribution in [0, 0.1) is 0 Å². The quantitative estimate of drug-likeness (QED) is 0.695. The van der Waals surface area contributed by atoms with Crippen molar-refractivity contribution in [1.82, 2.24) is 5.32 Å². The zero-order valence-corrected chi connectivity index (χ0v) is 12.0. The largest absolute Gasteiger partial charge is 0.352 e. The number of rotatable bonds is 9. The Morgan fingerprint density at radius 3 is 2.58 bits per heavy atom. The number of benzene rings is 1.